The molecule has 0 unspecified atom stereocenters. The van der Waals surface area contributed by atoms with Gasteiger partial charge in [0.2, 0.25) is 0 Å². The molecule has 0 bridgehead atoms. The molecule has 0 saturated carbocycles. The van der Waals surface area contributed by atoms with Crippen molar-refractivity contribution in [2.75, 3.05) is 0 Å². The van der Waals surface area contributed by atoms with Crippen molar-refractivity contribution in [3.63, 3.8) is 0 Å². The lowest BCUT2D eigenvalue weighted by Gasteiger charge is -2.16. The number of hydrogen-bond acceptors (Lipinski definition) is 6. The number of benzene rings is 1. The highest BCUT2D eigenvalue weighted by atomic mass is 35.5. The van der Waals surface area contributed by atoms with E-state index in [9.17, 15) is 4.79 Å². The summed E-state index contributed by atoms with van der Waals surface area (Å²) in [7, 11) is 0. The molecule has 3 aromatic heterocycles. The Labute approximate surface area is 203 Å². The number of hydrogen-bond donors (Lipinski definition) is 1. The third kappa shape index (κ3) is 4.89. The van der Waals surface area contributed by atoms with Crippen LogP contribution >= 0.6 is 11.6 Å². The molecule has 1 N–H and O–H groups in total. The second-order valence-corrected chi connectivity index (χ2v) is 9.02. The number of rotatable bonds is 7. The van der Waals surface area contributed by atoms with Crippen LogP contribution in [0.15, 0.2) is 36.5 Å². The molecule has 7 nitrogen and oxygen atoms in total. The summed E-state index contributed by atoms with van der Waals surface area (Å²) in [6, 6.07) is 9.64. The molecule has 4 rings (SSSR count). The maximum Gasteiger partial charge on any atom is 0.308 e. The highest BCUT2D eigenvalue weighted by Crippen LogP contribution is 2.34. The third-order valence-electron chi connectivity index (χ3n) is 5.51. The summed E-state index contributed by atoms with van der Waals surface area (Å²) in [5.74, 6) is 0.112. The Kier molecular flexibility index (Phi) is 6.84. The van der Waals surface area contributed by atoms with Crippen LogP contribution in [0.3, 0.4) is 0 Å². The highest BCUT2D eigenvalue weighted by Gasteiger charge is 2.17. The molecule has 0 spiro atoms. The Morgan fingerprint density at radius 3 is 2.56 bits per heavy atom. The fraction of sp³-hybridized carbons (Fsp3) is 0.308. The summed E-state index contributed by atoms with van der Waals surface area (Å²) in [5, 5.41) is 8.72. The van der Waals surface area contributed by atoms with Crippen molar-refractivity contribution in [1.29, 1.82) is 0 Å². The number of aromatic nitrogens is 4. The van der Waals surface area contributed by atoms with Crippen LogP contribution in [0, 0.1) is 26.7 Å². The molecule has 0 amide bonds. The summed E-state index contributed by atoms with van der Waals surface area (Å²) in [6.07, 6.45) is 1.80. The van der Waals surface area contributed by atoms with Gasteiger partial charge >= 0.3 is 5.97 Å². The molecule has 0 atom stereocenters. The van der Waals surface area contributed by atoms with E-state index >= 15 is 0 Å². The smallest absolute Gasteiger partial charge is 0.308 e. The second kappa shape index (κ2) is 9.81. The van der Waals surface area contributed by atoms with Gasteiger partial charge in [-0.1, -0.05) is 37.6 Å². The van der Waals surface area contributed by atoms with Crippen molar-refractivity contribution in [2.24, 2.45) is 5.92 Å². The Bertz CT molecular complexity index is 1360. The quantitative estimate of drug-likeness (QED) is 0.334. The van der Waals surface area contributed by atoms with Gasteiger partial charge in [0.1, 0.15) is 24.5 Å². The number of nitrogens with zero attached hydrogens (tertiary/aromatic N) is 3. The average molecular weight is 479 g/mol. The first-order valence-corrected chi connectivity index (χ1v) is 11.5. The van der Waals surface area contributed by atoms with Crippen molar-refractivity contribution in [2.45, 2.75) is 47.8 Å². The van der Waals surface area contributed by atoms with E-state index in [0.29, 0.717) is 22.0 Å². The van der Waals surface area contributed by atoms with Crippen LogP contribution in [0.4, 0.5) is 0 Å². The molecule has 0 fully saturated rings. The van der Waals surface area contributed by atoms with Crippen LogP contribution in [-0.2, 0) is 22.7 Å². The summed E-state index contributed by atoms with van der Waals surface area (Å²) >= 11 is 6.55. The van der Waals surface area contributed by atoms with Gasteiger partial charge in [-0.15, -0.1) is 0 Å². The molecule has 8 heteroatoms. The largest absolute Gasteiger partial charge is 0.486 e. The van der Waals surface area contributed by atoms with Crippen molar-refractivity contribution in [3.8, 4) is 17.0 Å². The first-order valence-electron chi connectivity index (χ1n) is 11.1. The van der Waals surface area contributed by atoms with E-state index in [1.54, 1.807) is 26.1 Å². The molecule has 176 valence electrons. The predicted octanol–water partition coefficient (Wildman–Crippen LogP) is 5.88. The number of carbonyl (C=O) groups excluding carboxylic acids is 1. The minimum atomic E-state index is -0.290. The number of halogens is 1. The van der Waals surface area contributed by atoms with E-state index in [2.05, 4.69) is 15.2 Å². The van der Waals surface area contributed by atoms with E-state index in [4.69, 9.17) is 26.1 Å². The maximum atomic E-state index is 12.0. The lowest BCUT2D eigenvalue weighted by atomic mass is 10.0. The van der Waals surface area contributed by atoms with Crippen LogP contribution in [-0.4, -0.2) is 26.1 Å². The molecular formula is C26H27ClN4O3. The van der Waals surface area contributed by atoms with E-state index in [1.165, 1.54) is 0 Å². The van der Waals surface area contributed by atoms with Gasteiger partial charge in [-0.25, -0.2) is 4.98 Å². The van der Waals surface area contributed by atoms with Crippen LogP contribution in [0.1, 0.15) is 42.1 Å². The van der Waals surface area contributed by atoms with E-state index < -0.39 is 0 Å². The normalized spacial score (nSPS) is 11.3. The van der Waals surface area contributed by atoms with Crippen molar-refractivity contribution in [1.82, 2.24) is 20.2 Å². The SMILES string of the molecule is Cc1cc(Cl)c(COc2cccc3c(-c4[nH]ncc4C)cc(C)nc23)c(COC(=O)C(C)C)n1. The zero-order valence-corrected chi connectivity index (χ0v) is 20.7. The lowest BCUT2D eigenvalue weighted by molar-refractivity contribution is -0.148. The first-order chi connectivity index (χ1) is 16.2. The monoisotopic (exact) mass is 478 g/mol. The van der Waals surface area contributed by atoms with Gasteiger partial charge in [0.05, 0.1) is 28.5 Å². The molecule has 34 heavy (non-hydrogen) atoms. The molecular weight excluding hydrogens is 452 g/mol. The van der Waals surface area contributed by atoms with E-state index in [-0.39, 0.29) is 25.1 Å². The van der Waals surface area contributed by atoms with Crippen LogP contribution in [0.25, 0.3) is 22.2 Å². The minimum absolute atomic E-state index is 0.0350. The first kappa shape index (κ1) is 23.7. The van der Waals surface area contributed by atoms with Crippen molar-refractivity contribution >= 4 is 28.5 Å². The van der Waals surface area contributed by atoms with Crippen LogP contribution < -0.4 is 4.74 Å². The van der Waals surface area contributed by atoms with Gasteiger partial charge in [-0.3, -0.25) is 14.9 Å². The average Bonchev–Trinajstić information content (AvgIpc) is 3.21. The molecule has 0 saturated heterocycles. The van der Waals surface area contributed by atoms with Gasteiger partial charge < -0.3 is 9.47 Å². The standard InChI is InChI=1S/C26H27ClN4O3/c1-14(2)26(32)34-13-22-20(21(27)10-17(5)29-22)12-33-23-8-6-7-18-19(9-16(4)30-25(18)23)24-15(3)11-28-31-24/h6-11,14H,12-13H2,1-5H3,(H,28,31). The summed E-state index contributed by atoms with van der Waals surface area (Å²) < 4.78 is 11.6. The molecule has 0 aliphatic carbocycles. The third-order valence-corrected chi connectivity index (χ3v) is 5.84. The molecule has 4 aromatic rings. The van der Waals surface area contributed by atoms with E-state index in [0.717, 1.165) is 39.1 Å². The van der Waals surface area contributed by atoms with Gasteiger partial charge in [0.25, 0.3) is 0 Å². The summed E-state index contributed by atoms with van der Waals surface area (Å²) in [6.45, 7) is 9.59. The number of para-hydroxylation sites is 1. The molecule has 0 aliphatic heterocycles. The molecule has 3 heterocycles. The zero-order chi connectivity index (χ0) is 24.4. The maximum absolute atomic E-state index is 12.0. The number of esters is 1. The summed E-state index contributed by atoms with van der Waals surface area (Å²) in [4.78, 5) is 21.3. The van der Waals surface area contributed by atoms with Gasteiger partial charge in [0, 0.05) is 27.9 Å². The highest BCUT2D eigenvalue weighted by molar-refractivity contribution is 6.31. The Balaban J connectivity index is 1.68. The Morgan fingerprint density at radius 1 is 1.09 bits per heavy atom. The number of pyridine rings is 2. The van der Waals surface area contributed by atoms with Gasteiger partial charge in [-0.05, 0) is 44.5 Å². The molecule has 0 radical (unpaired) electrons. The number of aromatic amines is 1. The fourth-order valence-corrected chi connectivity index (χ4v) is 4.06. The number of nitrogens with one attached hydrogen (secondary N) is 1. The van der Waals surface area contributed by atoms with E-state index in [1.807, 2.05) is 45.0 Å². The van der Waals surface area contributed by atoms with Crippen LogP contribution in [0.5, 0.6) is 5.75 Å². The van der Waals surface area contributed by atoms with Crippen molar-refractivity contribution < 1.29 is 14.3 Å². The number of H-pyrrole nitrogens is 1. The van der Waals surface area contributed by atoms with Gasteiger partial charge in [0.15, 0.2) is 0 Å². The number of carbonyl (C=O) groups is 1. The number of fused-ring (bicyclic) bond motifs is 1. The van der Waals surface area contributed by atoms with Crippen LogP contribution in [0.2, 0.25) is 5.02 Å². The zero-order valence-electron chi connectivity index (χ0n) is 19.9. The fourth-order valence-electron chi connectivity index (χ4n) is 3.74. The minimum Gasteiger partial charge on any atom is -0.486 e. The Morgan fingerprint density at radius 2 is 1.85 bits per heavy atom. The summed E-state index contributed by atoms with van der Waals surface area (Å²) in [5.41, 5.74) is 6.63. The topological polar surface area (TPSA) is 90.0 Å². The number of ether oxygens (including phenoxy) is 2. The second-order valence-electron chi connectivity index (χ2n) is 8.61. The van der Waals surface area contributed by atoms with Crippen molar-refractivity contribution in [3.05, 3.63) is 69.8 Å². The Hall–Kier alpha value is -3.45. The number of aryl methyl sites for hydroxylation is 3. The lowest BCUT2D eigenvalue weighted by Crippen LogP contribution is -2.14. The molecule has 1 aromatic carbocycles. The van der Waals surface area contributed by atoms with Gasteiger partial charge in [-0.2, -0.15) is 5.10 Å². The predicted molar refractivity (Wildman–Crippen MR) is 132 cm³/mol. The molecule has 0 aliphatic rings.